The molecule has 0 spiro atoms. The number of benzene rings is 2. The zero-order chi connectivity index (χ0) is 22.8. The van der Waals surface area contributed by atoms with Crippen molar-refractivity contribution >= 4 is 29.0 Å². The topological polar surface area (TPSA) is 42.3 Å². The second-order valence-corrected chi connectivity index (χ2v) is 9.30. The van der Waals surface area contributed by atoms with Crippen molar-refractivity contribution in [3.63, 3.8) is 0 Å². The number of nitrogens with zero attached hydrogens (tertiary/aromatic N) is 2. The van der Waals surface area contributed by atoms with Crippen molar-refractivity contribution in [2.45, 2.75) is 40.5 Å². The highest BCUT2D eigenvalue weighted by molar-refractivity contribution is 8.18. The number of hydrogen-bond donors (Lipinski definition) is 0. The van der Waals surface area contributed by atoms with Gasteiger partial charge in [-0.15, -0.1) is 0 Å². The number of aromatic nitrogens is 1. The molecule has 0 unspecified atom stereocenters. The van der Waals surface area contributed by atoms with Crippen molar-refractivity contribution in [1.29, 1.82) is 0 Å². The van der Waals surface area contributed by atoms with E-state index >= 15 is 0 Å². The molecule has 2 heterocycles. The van der Waals surface area contributed by atoms with E-state index < -0.39 is 0 Å². The van der Waals surface area contributed by atoms with Crippen LogP contribution in [0.1, 0.15) is 40.1 Å². The normalized spacial score (nSPS) is 15.2. The van der Waals surface area contributed by atoms with Gasteiger partial charge in [-0.1, -0.05) is 42.5 Å². The van der Waals surface area contributed by atoms with Gasteiger partial charge in [-0.3, -0.25) is 14.5 Å². The number of carbonyl (C=O) groups excluding carboxylic acids is 2. The average Bonchev–Trinajstić information content (AvgIpc) is 3.20. The van der Waals surface area contributed by atoms with Gasteiger partial charge < -0.3 is 4.57 Å². The lowest BCUT2D eigenvalue weighted by Gasteiger charge is -2.14. The Morgan fingerprint density at radius 1 is 0.938 bits per heavy atom. The summed E-state index contributed by atoms with van der Waals surface area (Å²) in [7, 11) is 0. The average molecular weight is 445 g/mol. The largest absolute Gasteiger partial charge is 0.318 e. The number of carbonyl (C=O) groups is 2. The fraction of sp³-hybridized carbons (Fsp3) is 0.259. The Bertz CT molecular complexity index is 1210. The molecule has 1 aromatic heterocycles. The number of hydrogen-bond acceptors (Lipinski definition) is 3. The quantitative estimate of drug-likeness (QED) is 0.414. The molecule has 1 aliphatic heterocycles. The van der Waals surface area contributed by atoms with E-state index in [0.29, 0.717) is 11.4 Å². The number of rotatable bonds is 6. The predicted octanol–water partition coefficient (Wildman–Crippen LogP) is 6.38. The molecule has 164 valence electrons. The highest BCUT2D eigenvalue weighted by Gasteiger charge is 2.34. The van der Waals surface area contributed by atoms with E-state index in [1.807, 2.05) is 24.3 Å². The summed E-state index contributed by atoms with van der Waals surface area (Å²) in [5.41, 5.74) is 7.98. The maximum atomic E-state index is 12.9. The molecule has 0 bridgehead atoms. The van der Waals surface area contributed by atoms with Crippen molar-refractivity contribution in [3.8, 4) is 5.69 Å². The molecule has 2 aromatic carbocycles. The van der Waals surface area contributed by atoms with Gasteiger partial charge in [0.05, 0.1) is 4.91 Å². The van der Waals surface area contributed by atoms with E-state index in [4.69, 9.17) is 0 Å². The van der Waals surface area contributed by atoms with Crippen LogP contribution in [-0.2, 0) is 11.2 Å². The van der Waals surface area contributed by atoms with Crippen LogP contribution in [0.2, 0.25) is 0 Å². The van der Waals surface area contributed by atoms with Crippen LogP contribution in [0.15, 0.2) is 59.5 Å². The first-order valence-corrected chi connectivity index (χ1v) is 11.7. The van der Waals surface area contributed by atoms with Crippen molar-refractivity contribution in [2.24, 2.45) is 0 Å². The van der Waals surface area contributed by atoms with Crippen LogP contribution in [0.25, 0.3) is 11.8 Å². The second kappa shape index (κ2) is 9.21. The highest BCUT2D eigenvalue weighted by Crippen LogP contribution is 2.34. The van der Waals surface area contributed by atoms with Crippen LogP contribution in [0.4, 0.5) is 4.79 Å². The number of thioether (sulfide) groups is 1. The predicted molar refractivity (Wildman–Crippen MR) is 132 cm³/mol. The minimum absolute atomic E-state index is 0.183. The Morgan fingerprint density at radius 2 is 1.69 bits per heavy atom. The van der Waals surface area contributed by atoms with E-state index in [2.05, 4.69) is 68.7 Å². The fourth-order valence-corrected chi connectivity index (χ4v) is 5.06. The Balaban J connectivity index is 1.54. The summed E-state index contributed by atoms with van der Waals surface area (Å²) in [6.45, 7) is 8.82. The monoisotopic (exact) mass is 444 g/mol. The third-order valence-corrected chi connectivity index (χ3v) is 7.04. The molecule has 4 nitrogen and oxygen atoms in total. The SMILES string of the molecule is Cc1cccc(-n2c(C)cc(/C=C3/SC(=O)N(CCCc4ccccc4)C3=O)c2C)c1C. The molecule has 5 heteroatoms. The Labute approximate surface area is 193 Å². The summed E-state index contributed by atoms with van der Waals surface area (Å²) in [6, 6.07) is 18.5. The number of aryl methyl sites for hydroxylation is 3. The first-order valence-electron chi connectivity index (χ1n) is 10.9. The molecule has 0 aliphatic carbocycles. The van der Waals surface area contributed by atoms with Crippen molar-refractivity contribution < 1.29 is 9.59 Å². The van der Waals surface area contributed by atoms with Crippen molar-refractivity contribution in [3.05, 3.63) is 93.1 Å². The molecule has 0 N–H and O–H groups in total. The standard InChI is InChI=1S/C27H28N2O2S/c1-18-10-8-14-24(20(18)3)29-19(2)16-23(21(29)4)17-25-26(30)28(27(31)32-25)15-9-13-22-11-6-5-7-12-22/h5-8,10-12,14,16-17H,9,13,15H2,1-4H3/b25-17+. The summed E-state index contributed by atoms with van der Waals surface area (Å²) in [5.74, 6) is -0.190. The van der Waals surface area contributed by atoms with Gasteiger partial charge in [0, 0.05) is 23.6 Å². The molecule has 1 saturated heterocycles. The third kappa shape index (κ3) is 4.30. The summed E-state index contributed by atoms with van der Waals surface area (Å²) >= 11 is 1.04. The maximum absolute atomic E-state index is 12.9. The van der Waals surface area contributed by atoms with Gasteiger partial charge in [-0.25, -0.2) is 0 Å². The number of imide groups is 1. The summed E-state index contributed by atoms with van der Waals surface area (Å²) in [4.78, 5) is 27.3. The Kier molecular flexibility index (Phi) is 6.38. The molecular weight excluding hydrogens is 416 g/mol. The molecule has 0 radical (unpaired) electrons. The van der Waals surface area contributed by atoms with Gasteiger partial charge in [0.1, 0.15) is 0 Å². The molecule has 32 heavy (non-hydrogen) atoms. The van der Waals surface area contributed by atoms with Gasteiger partial charge in [-0.05, 0) is 92.8 Å². The van der Waals surface area contributed by atoms with E-state index in [1.165, 1.54) is 21.6 Å². The molecule has 1 aliphatic rings. The fourth-order valence-electron chi connectivity index (χ4n) is 4.20. The molecule has 0 atom stereocenters. The van der Waals surface area contributed by atoms with E-state index in [-0.39, 0.29) is 11.1 Å². The van der Waals surface area contributed by atoms with Crippen LogP contribution in [-0.4, -0.2) is 27.2 Å². The second-order valence-electron chi connectivity index (χ2n) is 8.30. The van der Waals surface area contributed by atoms with Gasteiger partial charge >= 0.3 is 0 Å². The Morgan fingerprint density at radius 3 is 2.44 bits per heavy atom. The van der Waals surface area contributed by atoms with Gasteiger partial charge in [0.25, 0.3) is 11.1 Å². The molecule has 2 amide bonds. The minimum atomic E-state index is -0.190. The van der Waals surface area contributed by atoms with Crippen LogP contribution in [0.5, 0.6) is 0 Å². The maximum Gasteiger partial charge on any atom is 0.293 e. The molecular formula is C27H28N2O2S. The van der Waals surface area contributed by atoms with Crippen molar-refractivity contribution in [2.75, 3.05) is 6.54 Å². The smallest absolute Gasteiger partial charge is 0.293 e. The lowest BCUT2D eigenvalue weighted by molar-refractivity contribution is -0.122. The summed E-state index contributed by atoms with van der Waals surface area (Å²) in [6.07, 6.45) is 3.47. The van der Waals surface area contributed by atoms with Crippen LogP contribution < -0.4 is 0 Å². The van der Waals surface area contributed by atoms with Gasteiger partial charge in [-0.2, -0.15) is 0 Å². The number of amides is 2. The summed E-state index contributed by atoms with van der Waals surface area (Å²) < 4.78 is 2.22. The van der Waals surface area contributed by atoms with Crippen LogP contribution in [0.3, 0.4) is 0 Å². The molecule has 4 rings (SSSR count). The lowest BCUT2D eigenvalue weighted by Crippen LogP contribution is -2.29. The summed E-state index contributed by atoms with van der Waals surface area (Å²) in [5, 5.41) is -0.183. The lowest BCUT2D eigenvalue weighted by atomic mass is 10.1. The first-order chi connectivity index (χ1) is 15.4. The zero-order valence-electron chi connectivity index (χ0n) is 19.0. The van der Waals surface area contributed by atoms with E-state index in [1.54, 1.807) is 0 Å². The first kappa shape index (κ1) is 22.2. The zero-order valence-corrected chi connectivity index (χ0v) is 19.8. The van der Waals surface area contributed by atoms with Gasteiger partial charge in [0.15, 0.2) is 0 Å². The minimum Gasteiger partial charge on any atom is -0.318 e. The van der Waals surface area contributed by atoms with Crippen LogP contribution in [0, 0.1) is 27.7 Å². The van der Waals surface area contributed by atoms with E-state index in [9.17, 15) is 9.59 Å². The Hall–Kier alpha value is -3.05. The van der Waals surface area contributed by atoms with Crippen LogP contribution >= 0.6 is 11.8 Å². The molecule has 0 saturated carbocycles. The molecule has 3 aromatic rings. The van der Waals surface area contributed by atoms with Crippen molar-refractivity contribution in [1.82, 2.24) is 9.47 Å². The van der Waals surface area contributed by atoms with E-state index in [0.717, 1.165) is 47.2 Å². The highest BCUT2D eigenvalue weighted by atomic mass is 32.2. The third-order valence-electron chi connectivity index (χ3n) is 6.14. The molecule has 1 fully saturated rings. The van der Waals surface area contributed by atoms with Gasteiger partial charge in [0.2, 0.25) is 0 Å².